The van der Waals surface area contributed by atoms with Gasteiger partial charge in [-0.25, -0.2) is 4.98 Å². The van der Waals surface area contributed by atoms with E-state index in [1.807, 2.05) is 37.3 Å². The smallest absolute Gasteiger partial charge is 0.174 e. The summed E-state index contributed by atoms with van der Waals surface area (Å²) in [6, 6.07) is 11.9. The number of nitriles is 1. The monoisotopic (exact) mass is 345 g/mol. The summed E-state index contributed by atoms with van der Waals surface area (Å²) in [4.78, 5) is 4.28. The molecule has 0 aliphatic carbocycles. The van der Waals surface area contributed by atoms with Crippen molar-refractivity contribution >= 4 is 21.6 Å². The number of ether oxygens (including phenoxy) is 1. The van der Waals surface area contributed by atoms with E-state index in [0.717, 1.165) is 21.4 Å². The average Bonchev–Trinajstić information content (AvgIpc) is 2.49. The van der Waals surface area contributed by atoms with Gasteiger partial charge in [0, 0.05) is 6.04 Å². The molecule has 1 N–H and O–H groups in total. The molecule has 21 heavy (non-hydrogen) atoms. The number of benzene rings is 1. The van der Waals surface area contributed by atoms with Gasteiger partial charge >= 0.3 is 0 Å². The minimum Gasteiger partial charge on any atom is -0.479 e. The minimum absolute atomic E-state index is 0.0665. The van der Waals surface area contributed by atoms with Gasteiger partial charge < -0.3 is 10.1 Å². The van der Waals surface area contributed by atoms with Gasteiger partial charge in [-0.1, -0.05) is 12.1 Å². The van der Waals surface area contributed by atoms with Crippen molar-refractivity contribution in [2.45, 2.75) is 19.9 Å². The number of aryl methyl sites for hydroxylation is 1. The predicted molar refractivity (Wildman–Crippen MR) is 86.3 cm³/mol. The van der Waals surface area contributed by atoms with E-state index in [0.29, 0.717) is 5.75 Å². The molecule has 108 valence electrons. The van der Waals surface area contributed by atoms with E-state index in [1.165, 1.54) is 0 Å². The Balaban J connectivity index is 2.04. The van der Waals surface area contributed by atoms with Gasteiger partial charge in [0.1, 0.15) is 16.4 Å². The molecule has 0 amide bonds. The third-order valence-electron chi connectivity index (χ3n) is 3.08. The molecule has 1 atom stereocenters. The first kappa shape index (κ1) is 15.3. The van der Waals surface area contributed by atoms with Gasteiger partial charge in [0.05, 0.1) is 11.9 Å². The fourth-order valence-electron chi connectivity index (χ4n) is 1.94. The highest BCUT2D eigenvalue weighted by Crippen LogP contribution is 2.23. The number of anilines is 1. The second kappa shape index (κ2) is 7.09. The molecule has 0 saturated heterocycles. The van der Waals surface area contributed by atoms with Crippen LogP contribution in [0.2, 0.25) is 0 Å². The number of hydrogen-bond acceptors (Lipinski definition) is 4. The summed E-state index contributed by atoms with van der Waals surface area (Å²) in [5, 5.41) is 11.9. The van der Waals surface area contributed by atoms with Gasteiger partial charge in [-0.15, -0.1) is 0 Å². The second-order valence-electron chi connectivity index (χ2n) is 4.71. The van der Waals surface area contributed by atoms with Gasteiger partial charge in [0.15, 0.2) is 6.61 Å². The van der Waals surface area contributed by atoms with Gasteiger partial charge in [-0.3, -0.25) is 0 Å². The molecule has 0 fully saturated rings. The zero-order valence-electron chi connectivity index (χ0n) is 11.9. The van der Waals surface area contributed by atoms with E-state index in [2.05, 4.69) is 39.2 Å². The van der Waals surface area contributed by atoms with E-state index < -0.39 is 0 Å². The molecule has 1 unspecified atom stereocenters. The molecular weight excluding hydrogens is 330 g/mol. The Morgan fingerprint density at radius 1 is 1.38 bits per heavy atom. The maximum absolute atomic E-state index is 8.48. The molecule has 1 aromatic carbocycles. The number of nitrogens with one attached hydrogen (secondary N) is 1. The molecule has 0 radical (unpaired) electrons. The third kappa shape index (κ3) is 4.20. The molecule has 5 heteroatoms. The summed E-state index contributed by atoms with van der Waals surface area (Å²) in [7, 11) is 0. The number of nitrogens with zero attached hydrogens (tertiary/aromatic N) is 2. The largest absolute Gasteiger partial charge is 0.479 e. The zero-order valence-corrected chi connectivity index (χ0v) is 13.5. The first-order chi connectivity index (χ1) is 10.1. The van der Waals surface area contributed by atoms with Crippen LogP contribution in [0.3, 0.4) is 0 Å². The molecule has 2 rings (SSSR count). The van der Waals surface area contributed by atoms with Crippen LogP contribution in [-0.2, 0) is 0 Å². The number of pyridine rings is 1. The number of aromatic nitrogens is 1. The molecule has 4 nitrogen and oxygen atoms in total. The number of hydrogen-bond donors (Lipinski definition) is 1. The summed E-state index contributed by atoms with van der Waals surface area (Å²) in [5.41, 5.74) is 3.21. The summed E-state index contributed by atoms with van der Waals surface area (Å²) in [6.45, 7) is 4.16. The van der Waals surface area contributed by atoms with Gasteiger partial charge in [-0.2, -0.15) is 5.26 Å². The topological polar surface area (TPSA) is 57.9 Å². The summed E-state index contributed by atoms with van der Waals surface area (Å²) >= 11 is 3.39. The maximum Gasteiger partial charge on any atom is 0.174 e. The van der Waals surface area contributed by atoms with Crippen molar-refractivity contribution in [2.75, 3.05) is 11.9 Å². The Labute approximate surface area is 132 Å². The van der Waals surface area contributed by atoms with Crippen molar-refractivity contribution < 1.29 is 4.74 Å². The van der Waals surface area contributed by atoms with Gasteiger partial charge in [0.25, 0.3) is 0 Å². The highest BCUT2D eigenvalue weighted by Gasteiger charge is 2.07. The van der Waals surface area contributed by atoms with Crippen LogP contribution in [0.25, 0.3) is 0 Å². The van der Waals surface area contributed by atoms with Crippen LogP contribution in [0.4, 0.5) is 5.69 Å². The predicted octanol–water partition coefficient (Wildman–Crippen LogP) is 4.23. The van der Waals surface area contributed by atoms with Crippen molar-refractivity contribution in [3.8, 4) is 11.8 Å². The molecule has 1 aromatic heterocycles. The molecule has 0 aliphatic rings. The Hall–Kier alpha value is -2.06. The van der Waals surface area contributed by atoms with Crippen LogP contribution in [0.5, 0.6) is 5.75 Å². The van der Waals surface area contributed by atoms with Gasteiger partial charge in [-0.05, 0) is 59.1 Å². The zero-order chi connectivity index (χ0) is 15.2. The summed E-state index contributed by atoms with van der Waals surface area (Å²) in [5.74, 6) is 0.702. The standard InChI is InChI=1S/C16H16BrN3O/c1-11-9-14(10-19-16(11)17)20-12(2)13-3-5-15(6-4-13)21-8-7-18/h3-6,9-10,12,20H,8H2,1-2H3. The molecule has 0 aliphatic heterocycles. The lowest BCUT2D eigenvalue weighted by atomic mass is 10.1. The normalized spacial score (nSPS) is 11.5. The molecule has 0 spiro atoms. The van der Waals surface area contributed by atoms with Crippen molar-refractivity contribution in [3.05, 3.63) is 52.3 Å². The number of rotatable bonds is 5. The molecule has 2 aromatic rings. The second-order valence-corrected chi connectivity index (χ2v) is 5.46. The third-order valence-corrected chi connectivity index (χ3v) is 3.91. The van der Waals surface area contributed by atoms with E-state index in [-0.39, 0.29) is 12.6 Å². The maximum atomic E-state index is 8.48. The lowest BCUT2D eigenvalue weighted by Crippen LogP contribution is -2.07. The van der Waals surface area contributed by atoms with Crippen molar-refractivity contribution in [2.24, 2.45) is 0 Å². The first-order valence-corrected chi connectivity index (χ1v) is 7.38. The molecule has 0 bridgehead atoms. The van der Waals surface area contributed by atoms with Gasteiger partial charge in [0.2, 0.25) is 0 Å². The molecule has 1 heterocycles. The van der Waals surface area contributed by atoms with E-state index in [1.54, 1.807) is 6.20 Å². The van der Waals surface area contributed by atoms with E-state index in [4.69, 9.17) is 10.00 Å². The van der Waals surface area contributed by atoms with E-state index >= 15 is 0 Å². The van der Waals surface area contributed by atoms with E-state index in [9.17, 15) is 0 Å². The Bertz CT molecular complexity index is 650. The van der Waals surface area contributed by atoms with Crippen LogP contribution in [-0.4, -0.2) is 11.6 Å². The van der Waals surface area contributed by atoms with Crippen molar-refractivity contribution in [3.63, 3.8) is 0 Å². The number of halogens is 1. The van der Waals surface area contributed by atoms with Crippen molar-refractivity contribution in [1.29, 1.82) is 5.26 Å². The summed E-state index contributed by atoms with van der Waals surface area (Å²) in [6.07, 6.45) is 1.80. The SMILES string of the molecule is Cc1cc(NC(C)c2ccc(OCC#N)cc2)cnc1Br. The Kier molecular flexibility index (Phi) is 5.18. The molecule has 0 saturated carbocycles. The van der Waals surface area contributed by atoms with Crippen LogP contribution in [0, 0.1) is 18.3 Å². The highest BCUT2D eigenvalue weighted by atomic mass is 79.9. The lowest BCUT2D eigenvalue weighted by molar-refractivity contribution is 0.368. The average molecular weight is 346 g/mol. The fraction of sp³-hybridized carbons (Fsp3) is 0.250. The van der Waals surface area contributed by atoms with Crippen LogP contribution >= 0.6 is 15.9 Å². The highest BCUT2D eigenvalue weighted by molar-refractivity contribution is 9.10. The quantitative estimate of drug-likeness (QED) is 0.824. The fourth-order valence-corrected chi connectivity index (χ4v) is 2.16. The lowest BCUT2D eigenvalue weighted by Gasteiger charge is -2.16. The minimum atomic E-state index is 0.0665. The van der Waals surface area contributed by atoms with Crippen LogP contribution in [0.1, 0.15) is 24.1 Å². The van der Waals surface area contributed by atoms with Crippen molar-refractivity contribution in [1.82, 2.24) is 4.98 Å². The molecular formula is C16H16BrN3O. The summed E-state index contributed by atoms with van der Waals surface area (Å²) < 4.78 is 6.10. The Morgan fingerprint density at radius 2 is 2.10 bits per heavy atom. The first-order valence-electron chi connectivity index (χ1n) is 6.58. The van der Waals surface area contributed by atoms with Crippen LogP contribution < -0.4 is 10.1 Å². The Morgan fingerprint density at radius 3 is 2.71 bits per heavy atom. The van der Waals surface area contributed by atoms with Crippen LogP contribution in [0.15, 0.2) is 41.1 Å².